The number of nitrogens with two attached hydrogens (primary N) is 1. The van der Waals surface area contributed by atoms with Gasteiger partial charge in [-0.15, -0.1) is 0 Å². The van der Waals surface area contributed by atoms with Gasteiger partial charge in [0, 0.05) is 12.7 Å². The van der Waals surface area contributed by atoms with E-state index in [1.807, 2.05) is 0 Å². The van der Waals surface area contributed by atoms with Gasteiger partial charge in [0.25, 0.3) is 0 Å². The van der Waals surface area contributed by atoms with Gasteiger partial charge in [-0.2, -0.15) is 0 Å². The quantitative estimate of drug-likeness (QED) is 0.738. The number of aliphatic hydroxyl groups is 1. The molecule has 1 aromatic heterocycles. The van der Waals surface area contributed by atoms with Crippen molar-refractivity contribution in [3.8, 4) is 0 Å². The van der Waals surface area contributed by atoms with Crippen LogP contribution >= 0.6 is 0 Å². The third-order valence-corrected chi connectivity index (χ3v) is 2.31. The molecule has 2 aromatic rings. The first-order valence-corrected chi connectivity index (χ1v) is 4.83. The lowest BCUT2D eigenvalue weighted by Gasteiger charge is -2.04. The lowest BCUT2D eigenvalue weighted by molar-refractivity contribution is 0.275. The van der Waals surface area contributed by atoms with Crippen LogP contribution in [0, 0.1) is 11.6 Å². The molecule has 16 heavy (non-hydrogen) atoms. The van der Waals surface area contributed by atoms with Crippen LogP contribution in [-0.4, -0.2) is 21.7 Å². The van der Waals surface area contributed by atoms with Crippen LogP contribution in [0.25, 0.3) is 11.0 Å². The Labute approximate surface area is 90.1 Å². The average molecular weight is 227 g/mol. The van der Waals surface area contributed by atoms with Crippen LogP contribution in [0.15, 0.2) is 12.1 Å². The first-order chi connectivity index (χ1) is 7.61. The molecule has 0 aliphatic carbocycles. The van der Waals surface area contributed by atoms with Gasteiger partial charge in [0.15, 0.2) is 5.82 Å². The number of benzene rings is 1. The molecule has 0 aliphatic rings. The zero-order chi connectivity index (χ0) is 11.7. The summed E-state index contributed by atoms with van der Waals surface area (Å²) in [5.41, 5.74) is 6.01. The number of nitrogens with one attached hydrogen (secondary N) is 1. The molecule has 1 heterocycles. The highest BCUT2D eigenvalue weighted by atomic mass is 19.1. The molecule has 4 nitrogen and oxygen atoms in total. The predicted octanol–water partition coefficient (Wildman–Crippen LogP) is 1.22. The molecule has 0 saturated heterocycles. The largest absolute Gasteiger partial charge is 0.396 e. The highest BCUT2D eigenvalue weighted by Crippen LogP contribution is 2.20. The van der Waals surface area contributed by atoms with Crippen LogP contribution < -0.4 is 5.73 Å². The Hall–Kier alpha value is -1.53. The molecule has 6 heteroatoms. The van der Waals surface area contributed by atoms with Crippen molar-refractivity contribution in [2.45, 2.75) is 12.5 Å². The fourth-order valence-corrected chi connectivity index (χ4v) is 1.51. The maximum atomic E-state index is 13.3. The summed E-state index contributed by atoms with van der Waals surface area (Å²) in [5.74, 6) is -1.06. The Morgan fingerprint density at radius 2 is 2.19 bits per heavy atom. The molecule has 0 amide bonds. The Kier molecular flexibility index (Phi) is 2.84. The monoisotopic (exact) mass is 227 g/mol. The smallest absolute Gasteiger partial charge is 0.153 e. The summed E-state index contributed by atoms with van der Waals surface area (Å²) in [6, 6.07) is 1.41. The molecule has 4 N–H and O–H groups in total. The van der Waals surface area contributed by atoms with Crippen molar-refractivity contribution in [2.75, 3.05) is 6.61 Å². The van der Waals surface area contributed by atoms with Gasteiger partial charge in [-0.1, -0.05) is 0 Å². The zero-order valence-electron chi connectivity index (χ0n) is 8.37. The summed E-state index contributed by atoms with van der Waals surface area (Å²) in [5, 5.41) is 8.72. The molecule has 0 aliphatic heterocycles. The minimum atomic E-state index is -0.728. The molecule has 1 unspecified atom stereocenters. The van der Waals surface area contributed by atoms with E-state index in [1.54, 1.807) is 0 Å². The van der Waals surface area contributed by atoms with E-state index in [9.17, 15) is 8.78 Å². The van der Waals surface area contributed by atoms with E-state index in [0.717, 1.165) is 12.1 Å². The standard InChI is InChI=1S/C10H11F2N3O/c11-5-3-6(12)9-8(4-5)14-10(15-9)7(13)1-2-16/h3-4,7,16H,1-2,13H2,(H,14,15). The lowest BCUT2D eigenvalue weighted by Crippen LogP contribution is -2.13. The van der Waals surface area contributed by atoms with Crippen LogP contribution in [0.2, 0.25) is 0 Å². The van der Waals surface area contributed by atoms with Crippen LogP contribution in [-0.2, 0) is 0 Å². The van der Waals surface area contributed by atoms with Crippen molar-refractivity contribution in [1.29, 1.82) is 0 Å². The maximum Gasteiger partial charge on any atom is 0.153 e. The van der Waals surface area contributed by atoms with Crippen LogP contribution in [0.4, 0.5) is 8.78 Å². The third-order valence-electron chi connectivity index (χ3n) is 2.31. The number of halogens is 2. The second-order valence-corrected chi connectivity index (χ2v) is 3.52. The topological polar surface area (TPSA) is 74.9 Å². The number of aliphatic hydroxyl groups excluding tert-OH is 1. The summed E-state index contributed by atoms with van der Waals surface area (Å²) >= 11 is 0. The lowest BCUT2D eigenvalue weighted by atomic mass is 10.2. The van der Waals surface area contributed by atoms with Gasteiger partial charge in [-0.25, -0.2) is 13.8 Å². The number of nitrogens with zero attached hydrogens (tertiary/aromatic N) is 1. The summed E-state index contributed by atoms with van der Waals surface area (Å²) < 4.78 is 26.2. The molecular weight excluding hydrogens is 216 g/mol. The van der Waals surface area contributed by atoms with E-state index < -0.39 is 17.7 Å². The summed E-state index contributed by atoms with van der Waals surface area (Å²) in [7, 11) is 0. The highest BCUT2D eigenvalue weighted by molar-refractivity contribution is 5.75. The molecule has 0 fully saturated rings. The number of fused-ring (bicyclic) bond motifs is 1. The van der Waals surface area contributed by atoms with E-state index in [4.69, 9.17) is 10.8 Å². The fourth-order valence-electron chi connectivity index (χ4n) is 1.51. The second kappa shape index (κ2) is 4.15. The van der Waals surface area contributed by atoms with Gasteiger partial charge in [0.2, 0.25) is 0 Å². The number of aromatic nitrogens is 2. The molecule has 1 atom stereocenters. The van der Waals surface area contributed by atoms with E-state index in [1.165, 1.54) is 0 Å². The number of rotatable bonds is 3. The van der Waals surface area contributed by atoms with Gasteiger partial charge in [-0.3, -0.25) is 0 Å². The molecule has 0 spiro atoms. The second-order valence-electron chi connectivity index (χ2n) is 3.52. The Morgan fingerprint density at radius 1 is 1.44 bits per heavy atom. The summed E-state index contributed by atoms with van der Waals surface area (Å²) in [6.45, 7) is -0.0882. The number of H-pyrrole nitrogens is 1. The van der Waals surface area contributed by atoms with Crippen molar-refractivity contribution in [2.24, 2.45) is 5.73 Å². The predicted molar refractivity (Wildman–Crippen MR) is 54.6 cm³/mol. The normalized spacial score (nSPS) is 13.2. The minimum absolute atomic E-state index is 0.0600. The van der Waals surface area contributed by atoms with Gasteiger partial charge >= 0.3 is 0 Å². The van der Waals surface area contributed by atoms with Gasteiger partial charge in [0.1, 0.15) is 17.2 Å². The van der Waals surface area contributed by atoms with Crippen LogP contribution in [0.5, 0.6) is 0 Å². The molecule has 0 bridgehead atoms. The van der Waals surface area contributed by atoms with Crippen molar-refractivity contribution < 1.29 is 13.9 Å². The van der Waals surface area contributed by atoms with Crippen molar-refractivity contribution in [3.05, 3.63) is 29.6 Å². The average Bonchev–Trinajstić information content (AvgIpc) is 2.62. The third kappa shape index (κ3) is 1.89. The summed E-state index contributed by atoms with van der Waals surface area (Å²) in [6.07, 6.45) is 0.309. The van der Waals surface area contributed by atoms with E-state index in [2.05, 4.69) is 9.97 Å². The molecule has 1 aromatic carbocycles. The molecule has 2 rings (SSSR count). The maximum absolute atomic E-state index is 13.3. The van der Waals surface area contributed by atoms with Gasteiger partial charge in [-0.05, 0) is 12.5 Å². The molecule has 0 saturated carbocycles. The van der Waals surface area contributed by atoms with Crippen molar-refractivity contribution >= 4 is 11.0 Å². The molecule has 0 radical (unpaired) electrons. The van der Waals surface area contributed by atoms with Gasteiger partial charge in [0.05, 0.1) is 11.6 Å². The number of hydrogen-bond donors (Lipinski definition) is 3. The molecule has 86 valence electrons. The number of imidazole rings is 1. The number of aromatic amines is 1. The first-order valence-electron chi connectivity index (χ1n) is 4.83. The highest BCUT2D eigenvalue weighted by Gasteiger charge is 2.14. The minimum Gasteiger partial charge on any atom is -0.396 e. The van der Waals surface area contributed by atoms with E-state index in [0.29, 0.717) is 12.2 Å². The zero-order valence-corrected chi connectivity index (χ0v) is 8.37. The Morgan fingerprint density at radius 3 is 2.88 bits per heavy atom. The van der Waals surface area contributed by atoms with E-state index >= 15 is 0 Å². The van der Waals surface area contributed by atoms with Crippen molar-refractivity contribution in [1.82, 2.24) is 9.97 Å². The van der Waals surface area contributed by atoms with Crippen LogP contribution in [0.1, 0.15) is 18.3 Å². The van der Waals surface area contributed by atoms with Gasteiger partial charge < -0.3 is 15.8 Å². The van der Waals surface area contributed by atoms with E-state index in [-0.39, 0.29) is 17.6 Å². The number of hydrogen-bond acceptors (Lipinski definition) is 3. The molecular formula is C10H11F2N3O. The Bertz CT molecular complexity index is 512. The first kappa shape index (κ1) is 11.0. The summed E-state index contributed by atoms with van der Waals surface area (Å²) in [4.78, 5) is 6.67. The Balaban J connectivity index is 2.47. The fraction of sp³-hybridized carbons (Fsp3) is 0.300. The SMILES string of the molecule is NC(CCO)c1nc2c(F)cc(F)cc2[nH]1. The van der Waals surface area contributed by atoms with Crippen LogP contribution in [0.3, 0.4) is 0 Å². The van der Waals surface area contributed by atoms with Crippen molar-refractivity contribution in [3.63, 3.8) is 0 Å².